The highest BCUT2D eigenvalue weighted by Crippen LogP contribution is 2.33. The van der Waals surface area contributed by atoms with Crippen molar-refractivity contribution in [3.8, 4) is 11.5 Å². The summed E-state index contributed by atoms with van der Waals surface area (Å²) in [6.07, 6.45) is 0. The van der Waals surface area contributed by atoms with Crippen LogP contribution >= 0.6 is 11.8 Å². The average molecular weight is 505 g/mol. The van der Waals surface area contributed by atoms with Gasteiger partial charge in [-0.15, -0.1) is 0 Å². The monoisotopic (exact) mass is 504 g/mol. The molecule has 1 aromatic heterocycles. The lowest BCUT2D eigenvalue weighted by Gasteiger charge is -2.08. The molecule has 0 bridgehead atoms. The second-order valence-corrected chi connectivity index (χ2v) is 8.95. The number of hydrogen-bond acceptors (Lipinski definition) is 7. The Morgan fingerprint density at radius 3 is 2.31 bits per heavy atom. The third kappa shape index (κ3) is 6.67. The van der Waals surface area contributed by atoms with Crippen LogP contribution in [0, 0.1) is 17.0 Å². The molecular weight excluding hydrogens is 480 g/mol. The molecule has 3 aromatic carbocycles. The molecule has 0 saturated carbocycles. The van der Waals surface area contributed by atoms with E-state index in [9.17, 15) is 14.9 Å². The molecule has 0 fully saturated rings. The van der Waals surface area contributed by atoms with Gasteiger partial charge in [-0.3, -0.25) is 14.9 Å². The lowest BCUT2D eigenvalue weighted by molar-refractivity contribution is -0.385. The first kappa shape index (κ1) is 24.9. The topological polar surface area (TPSA) is 104 Å². The number of aryl methyl sites for hydroxylation is 1. The van der Waals surface area contributed by atoms with E-state index in [0.717, 1.165) is 16.2 Å². The zero-order valence-corrected chi connectivity index (χ0v) is 20.5. The Labute approximate surface area is 212 Å². The Hall–Kier alpha value is -4.24. The number of non-ortho nitro benzene ring substituents is 1. The Morgan fingerprint density at radius 2 is 1.64 bits per heavy atom. The molecule has 4 rings (SSSR count). The molecule has 0 aliphatic rings. The first-order chi connectivity index (χ1) is 17.4. The SMILES string of the molecule is CCOc1ccc(OCc2ccc(C(=O)Nc3cc(Sc4ccc(C)cc4)cc([N+](=O)[O-])c3)o2)cc1. The molecule has 0 unspecified atom stereocenters. The van der Waals surface area contributed by atoms with Crippen LogP contribution in [0.15, 0.2) is 93.1 Å². The second kappa shape index (κ2) is 11.5. The van der Waals surface area contributed by atoms with Gasteiger partial charge in [0.2, 0.25) is 0 Å². The van der Waals surface area contributed by atoms with Crippen LogP contribution in [-0.2, 0) is 6.61 Å². The third-order valence-electron chi connectivity index (χ3n) is 5.02. The number of carbonyl (C=O) groups is 1. The van der Waals surface area contributed by atoms with Gasteiger partial charge in [-0.25, -0.2) is 0 Å². The standard InChI is InChI=1S/C27H24N2O6S/c1-3-33-21-6-8-22(9-7-21)34-17-23-10-13-26(35-23)27(30)28-19-14-20(29(31)32)16-25(15-19)36-24-11-4-18(2)5-12-24/h4-16H,3,17H2,1-2H3,(H,28,30). The first-order valence-corrected chi connectivity index (χ1v) is 12.0. The number of anilines is 1. The van der Waals surface area contributed by atoms with Crippen LogP contribution in [0.4, 0.5) is 11.4 Å². The minimum atomic E-state index is -0.519. The normalized spacial score (nSPS) is 10.6. The fraction of sp³-hybridized carbons (Fsp3) is 0.148. The van der Waals surface area contributed by atoms with Crippen LogP contribution in [0.3, 0.4) is 0 Å². The summed E-state index contributed by atoms with van der Waals surface area (Å²) in [7, 11) is 0. The molecule has 0 spiro atoms. The van der Waals surface area contributed by atoms with Crippen molar-refractivity contribution in [2.75, 3.05) is 11.9 Å². The lowest BCUT2D eigenvalue weighted by Crippen LogP contribution is -2.11. The molecule has 1 heterocycles. The highest BCUT2D eigenvalue weighted by atomic mass is 32.2. The molecule has 4 aromatic rings. The van der Waals surface area contributed by atoms with Crippen LogP contribution in [0.2, 0.25) is 0 Å². The number of nitrogens with zero attached hydrogens (tertiary/aromatic N) is 1. The smallest absolute Gasteiger partial charge is 0.291 e. The van der Waals surface area contributed by atoms with Crippen molar-refractivity contribution in [2.24, 2.45) is 0 Å². The summed E-state index contributed by atoms with van der Waals surface area (Å²) in [5, 5.41) is 14.1. The maximum atomic E-state index is 12.8. The minimum Gasteiger partial charge on any atom is -0.494 e. The van der Waals surface area contributed by atoms with Crippen molar-refractivity contribution >= 4 is 29.0 Å². The quantitative estimate of drug-likeness (QED) is 0.185. The molecular formula is C27H24N2O6S. The fourth-order valence-corrected chi connectivity index (χ4v) is 4.20. The van der Waals surface area contributed by atoms with Gasteiger partial charge in [0.05, 0.1) is 11.5 Å². The van der Waals surface area contributed by atoms with E-state index >= 15 is 0 Å². The van der Waals surface area contributed by atoms with Gasteiger partial charge in [-0.1, -0.05) is 29.5 Å². The minimum absolute atomic E-state index is 0.0690. The van der Waals surface area contributed by atoms with E-state index < -0.39 is 10.8 Å². The summed E-state index contributed by atoms with van der Waals surface area (Å²) in [6.45, 7) is 4.62. The largest absolute Gasteiger partial charge is 0.494 e. The van der Waals surface area contributed by atoms with Crippen molar-refractivity contribution in [2.45, 2.75) is 30.2 Å². The van der Waals surface area contributed by atoms with Crippen LogP contribution < -0.4 is 14.8 Å². The van der Waals surface area contributed by atoms with E-state index in [-0.39, 0.29) is 18.1 Å². The van der Waals surface area contributed by atoms with Crippen LogP contribution in [0.1, 0.15) is 28.8 Å². The molecule has 8 nitrogen and oxygen atoms in total. The van der Waals surface area contributed by atoms with Gasteiger partial charge >= 0.3 is 0 Å². The maximum Gasteiger partial charge on any atom is 0.291 e. The van der Waals surface area contributed by atoms with Gasteiger partial charge in [0.25, 0.3) is 11.6 Å². The van der Waals surface area contributed by atoms with E-state index in [1.165, 1.54) is 30.0 Å². The van der Waals surface area contributed by atoms with E-state index in [1.54, 1.807) is 24.3 Å². The molecule has 9 heteroatoms. The summed E-state index contributed by atoms with van der Waals surface area (Å²) in [4.78, 5) is 25.3. The third-order valence-corrected chi connectivity index (χ3v) is 6.00. The van der Waals surface area contributed by atoms with E-state index in [2.05, 4.69) is 5.32 Å². The maximum absolute atomic E-state index is 12.8. The average Bonchev–Trinajstić information content (AvgIpc) is 3.34. The van der Waals surface area contributed by atoms with Crippen molar-refractivity contribution < 1.29 is 23.6 Å². The number of carbonyl (C=O) groups excluding carboxylic acids is 1. The molecule has 1 amide bonds. The summed E-state index contributed by atoms with van der Waals surface area (Å²) in [5.41, 5.74) is 1.30. The Balaban J connectivity index is 1.42. The number of hydrogen-bond donors (Lipinski definition) is 1. The van der Waals surface area contributed by atoms with E-state index in [1.807, 2.05) is 50.2 Å². The Kier molecular flexibility index (Phi) is 7.92. The number of rotatable bonds is 10. The molecule has 0 saturated heterocycles. The first-order valence-electron chi connectivity index (χ1n) is 11.2. The number of amides is 1. The summed E-state index contributed by atoms with van der Waals surface area (Å²) < 4.78 is 16.7. The molecule has 0 aliphatic heterocycles. The zero-order chi connectivity index (χ0) is 25.5. The summed E-state index contributed by atoms with van der Waals surface area (Å²) >= 11 is 1.37. The number of furan rings is 1. The number of nitrogens with one attached hydrogen (secondary N) is 1. The molecule has 1 N–H and O–H groups in total. The van der Waals surface area contributed by atoms with Gasteiger partial charge < -0.3 is 19.2 Å². The van der Waals surface area contributed by atoms with Gasteiger partial charge in [0.15, 0.2) is 5.76 Å². The summed E-state index contributed by atoms with van der Waals surface area (Å²) in [6, 6.07) is 22.7. The molecule has 0 aliphatic carbocycles. The number of nitro groups is 1. The van der Waals surface area contributed by atoms with Crippen molar-refractivity contribution in [3.05, 3.63) is 106 Å². The van der Waals surface area contributed by atoms with Gasteiger partial charge in [0, 0.05) is 27.6 Å². The van der Waals surface area contributed by atoms with Gasteiger partial charge in [-0.2, -0.15) is 0 Å². The van der Waals surface area contributed by atoms with Crippen LogP contribution in [-0.4, -0.2) is 17.4 Å². The molecule has 0 radical (unpaired) electrons. The zero-order valence-electron chi connectivity index (χ0n) is 19.7. The predicted octanol–water partition coefficient (Wildman–Crippen LogP) is 6.88. The van der Waals surface area contributed by atoms with E-state index in [4.69, 9.17) is 13.9 Å². The van der Waals surface area contributed by atoms with Crippen molar-refractivity contribution in [3.63, 3.8) is 0 Å². The van der Waals surface area contributed by atoms with Crippen molar-refractivity contribution in [1.82, 2.24) is 0 Å². The predicted molar refractivity (Wildman–Crippen MR) is 137 cm³/mol. The Bertz CT molecular complexity index is 1350. The molecule has 184 valence electrons. The number of ether oxygens (including phenoxy) is 2. The van der Waals surface area contributed by atoms with Crippen LogP contribution in [0.25, 0.3) is 0 Å². The fourth-order valence-electron chi connectivity index (χ4n) is 3.29. The summed E-state index contributed by atoms with van der Waals surface area (Å²) in [5.74, 6) is 1.40. The highest BCUT2D eigenvalue weighted by Gasteiger charge is 2.16. The molecule has 0 atom stereocenters. The van der Waals surface area contributed by atoms with Crippen LogP contribution in [0.5, 0.6) is 11.5 Å². The number of nitro benzene ring substituents is 1. The second-order valence-electron chi connectivity index (χ2n) is 7.80. The van der Waals surface area contributed by atoms with Gasteiger partial charge in [0.1, 0.15) is 23.9 Å². The van der Waals surface area contributed by atoms with Gasteiger partial charge in [-0.05, 0) is 68.4 Å². The highest BCUT2D eigenvalue weighted by molar-refractivity contribution is 7.99. The molecule has 36 heavy (non-hydrogen) atoms. The van der Waals surface area contributed by atoms with E-state index in [0.29, 0.717) is 28.7 Å². The lowest BCUT2D eigenvalue weighted by atomic mass is 10.2. The Morgan fingerprint density at radius 1 is 0.944 bits per heavy atom. The number of benzene rings is 3. The van der Waals surface area contributed by atoms with Crippen molar-refractivity contribution in [1.29, 1.82) is 0 Å².